The highest BCUT2D eigenvalue weighted by molar-refractivity contribution is 6.30. The van der Waals surface area contributed by atoms with Crippen LogP contribution in [0.3, 0.4) is 0 Å². The molecule has 0 aliphatic heterocycles. The summed E-state index contributed by atoms with van der Waals surface area (Å²) < 4.78 is 5.60. The normalized spacial score (nSPS) is 10.3. The second kappa shape index (κ2) is 5.61. The van der Waals surface area contributed by atoms with Gasteiger partial charge in [0.05, 0.1) is 16.7 Å². The van der Waals surface area contributed by atoms with Crippen molar-refractivity contribution in [3.63, 3.8) is 0 Å². The summed E-state index contributed by atoms with van der Waals surface area (Å²) in [5, 5.41) is 19.3. The molecule has 110 valence electrons. The van der Waals surface area contributed by atoms with Crippen molar-refractivity contribution >= 4 is 28.4 Å². The van der Waals surface area contributed by atoms with Gasteiger partial charge in [-0.25, -0.2) is 0 Å². The summed E-state index contributed by atoms with van der Waals surface area (Å²) >= 11 is 5.84. The molecule has 0 aliphatic carbocycles. The molecule has 0 saturated heterocycles. The lowest BCUT2D eigenvalue weighted by Gasteiger charge is -2.01. The summed E-state index contributed by atoms with van der Waals surface area (Å²) in [6.45, 7) is 1.68. The number of benzene rings is 2. The zero-order valence-electron chi connectivity index (χ0n) is 12.1. The molecule has 0 fully saturated rings. The lowest BCUT2D eigenvalue weighted by atomic mass is 9.98. The summed E-state index contributed by atoms with van der Waals surface area (Å²) in [6, 6.07) is 13.5. The van der Waals surface area contributed by atoms with Gasteiger partial charge in [-0.3, -0.25) is 4.79 Å². The van der Waals surface area contributed by atoms with Crippen molar-refractivity contribution in [1.29, 1.82) is 10.5 Å². The molecule has 1 aromatic heterocycles. The van der Waals surface area contributed by atoms with Crippen LogP contribution in [0.1, 0.15) is 32.8 Å². The Labute approximate surface area is 137 Å². The maximum Gasteiger partial charge on any atom is 0.197 e. The zero-order chi connectivity index (χ0) is 16.6. The minimum Gasteiger partial charge on any atom is -0.461 e. The van der Waals surface area contributed by atoms with E-state index in [1.807, 2.05) is 12.1 Å². The average molecular weight is 321 g/mol. The molecule has 3 aromatic rings. The summed E-state index contributed by atoms with van der Waals surface area (Å²) in [5.74, 6) is 0.227. The third-order valence-electron chi connectivity index (χ3n) is 3.58. The van der Waals surface area contributed by atoms with Gasteiger partial charge in [0, 0.05) is 22.0 Å². The van der Waals surface area contributed by atoms with Crippen molar-refractivity contribution in [3.05, 3.63) is 69.4 Å². The van der Waals surface area contributed by atoms with E-state index in [0.717, 1.165) is 0 Å². The monoisotopic (exact) mass is 320 g/mol. The molecule has 0 N–H and O–H groups in total. The number of hydrogen-bond donors (Lipinski definition) is 0. The number of fused-ring (bicyclic) bond motifs is 1. The fourth-order valence-corrected chi connectivity index (χ4v) is 2.60. The summed E-state index contributed by atoms with van der Waals surface area (Å²) in [7, 11) is 0. The third-order valence-corrected chi connectivity index (χ3v) is 3.83. The number of carbonyl (C=O) groups is 1. The van der Waals surface area contributed by atoms with Crippen LogP contribution < -0.4 is 0 Å². The Bertz CT molecular complexity index is 1020. The molecule has 5 heteroatoms. The number of rotatable bonds is 2. The first-order valence-corrected chi connectivity index (χ1v) is 7.10. The standard InChI is InChI=1S/C18H9ClN2O2/c1-10-17(18(22)11-2-4-14(19)5-3-11)15-6-12(8-20)13(9-21)7-16(15)23-10/h2-7H,1H3. The molecule has 0 atom stereocenters. The zero-order valence-corrected chi connectivity index (χ0v) is 12.8. The topological polar surface area (TPSA) is 77.8 Å². The molecule has 0 amide bonds. The van der Waals surface area contributed by atoms with Crippen LogP contribution in [-0.2, 0) is 0 Å². The Balaban J connectivity index is 2.23. The molecule has 0 bridgehead atoms. The Morgan fingerprint density at radius 1 is 1.09 bits per heavy atom. The summed E-state index contributed by atoms with van der Waals surface area (Å²) in [4.78, 5) is 12.8. The van der Waals surface area contributed by atoms with Crippen LogP contribution in [0.25, 0.3) is 11.0 Å². The quantitative estimate of drug-likeness (QED) is 0.657. The van der Waals surface area contributed by atoms with Crippen LogP contribution >= 0.6 is 11.6 Å². The molecule has 1 heterocycles. The molecule has 4 nitrogen and oxygen atoms in total. The van der Waals surface area contributed by atoms with Crippen LogP contribution in [0, 0.1) is 29.6 Å². The third kappa shape index (κ3) is 2.46. The lowest BCUT2D eigenvalue weighted by molar-refractivity contribution is 0.103. The first-order valence-electron chi connectivity index (χ1n) is 6.72. The summed E-state index contributed by atoms with van der Waals surface area (Å²) in [5.41, 5.74) is 1.71. The van der Waals surface area contributed by atoms with Crippen LogP contribution in [-0.4, -0.2) is 5.78 Å². The van der Waals surface area contributed by atoms with E-state index in [-0.39, 0.29) is 16.9 Å². The molecular weight excluding hydrogens is 312 g/mol. The SMILES string of the molecule is Cc1oc2cc(C#N)c(C#N)cc2c1C(=O)c1ccc(Cl)cc1. The van der Waals surface area contributed by atoms with E-state index in [2.05, 4.69) is 0 Å². The van der Waals surface area contributed by atoms with Gasteiger partial charge in [-0.1, -0.05) is 11.6 Å². The second-order valence-corrected chi connectivity index (χ2v) is 5.42. The van der Waals surface area contributed by atoms with Crippen LogP contribution in [0.15, 0.2) is 40.8 Å². The number of aryl methyl sites for hydroxylation is 1. The number of halogens is 1. The van der Waals surface area contributed by atoms with Gasteiger partial charge in [-0.15, -0.1) is 0 Å². The molecule has 0 radical (unpaired) electrons. The molecule has 0 aliphatic rings. The van der Waals surface area contributed by atoms with E-state index in [9.17, 15) is 4.79 Å². The fraction of sp³-hybridized carbons (Fsp3) is 0.0556. The molecule has 0 unspecified atom stereocenters. The van der Waals surface area contributed by atoms with Crippen molar-refractivity contribution in [2.75, 3.05) is 0 Å². The predicted octanol–water partition coefficient (Wildman–Crippen LogP) is 4.37. The second-order valence-electron chi connectivity index (χ2n) is 4.99. The highest BCUT2D eigenvalue weighted by Gasteiger charge is 2.21. The molecule has 23 heavy (non-hydrogen) atoms. The average Bonchev–Trinajstić information content (AvgIpc) is 2.88. The van der Waals surface area contributed by atoms with Gasteiger partial charge in [-0.05, 0) is 37.3 Å². The van der Waals surface area contributed by atoms with Gasteiger partial charge in [-0.2, -0.15) is 10.5 Å². The van der Waals surface area contributed by atoms with Crippen LogP contribution in [0.5, 0.6) is 0 Å². The van der Waals surface area contributed by atoms with Crippen LogP contribution in [0.4, 0.5) is 0 Å². The van der Waals surface area contributed by atoms with Crippen molar-refractivity contribution in [1.82, 2.24) is 0 Å². The fourth-order valence-electron chi connectivity index (χ4n) is 2.48. The van der Waals surface area contributed by atoms with Gasteiger partial charge in [0.2, 0.25) is 0 Å². The Hall–Kier alpha value is -3.08. The van der Waals surface area contributed by atoms with E-state index >= 15 is 0 Å². The van der Waals surface area contributed by atoms with Gasteiger partial charge in [0.15, 0.2) is 5.78 Å². The molecule has 2 aromatic carbocycles. The van der Waals surface area contributed by atoms with Crippen molar-refractivity contribution in [3.8, 4) is 12.1 Å². The largest absolute Gasteiger partial charge is 0.461 e. The number of nitriles is 2. The molecule has 0 saturated carbocycles. The maximum atomic E-state index is 12.8. The van der Waals surface area contributed by atoms with Crippen LogP contribution in [0.2, 0.25) is 5.02 Å². The Morgan fingerprint density at radius 2 is 1.70 bits per heavy atom. The number of hydrogen-bond acceptors (Lipinski definition) is 4. The van der Waals surface area contributed by atoms with E-state index in [0.29, 0.717) is 32.9 Å². The van der Waals surface area contributed by atoms with Gasteiger partial charge in [0.25, 0.3) is 0 Å². The maximum absolute atomic E-state index is 12.8. The summed E-state index contributed by atoms with van der Waals surface area (Å²) in [6.07, 6.45) is 0. The molecule has 3 rings (SSSR count). The van der Waals surface area contributed by atoms with E-state index in [4.69, 9.17) is 26.5 Å². The Kier molecular flexibility index (Phi) is 3.62. The highest BCUT2D eigenvalue weighted by atomic mass is 35.5. The number of ketones is 1. The van der Waals surface area contributed by atoms with E-state index < -0.39 is 0 Å². The predicted molar refractivity (Wildman–Crippen MR) is 85.3 cm³/mol. The minimum absolute atomic E-state index is 0.214. The number of nitrogens with zero attached hydrogens (tertiary/aromatic N) is 2. The number of furan rings is 1. The highest BCUT2D eigenvalue weighted by Crippen LogP contribution is 2.30. The molecule has 0 spiro atoms. The lowest BCUT2D eigenvalue weighted by Crippen LogP contribution is -2.02. The Morgan fingerprint density at radius 3 is 2.30 bits per heavy atom. The van der Waals surface area contributed by atoms with Crippen molar-refractivity contribution in [2.45, 2.75) is 6.92 Å². The van der Waals surface area contributed by atoms with Gasteiger partial charge in [0.1, 0.15) is 23.5 Å². The first-order chi connectivity index (χ1) is 11.0. The first kappa shape index (κ1) is 14.8. The van der Waals surface area contributed by atoms with E-state index in [1.165, 1.54) is 12.1 Å². The minimum atomic E-state index is -0.216. The van der Waals surface area contributed by atoms with Gasteiger partial charge >= 0.3 is 0 Å². The van der Waals surface area contributed by atoms with Crippen molar-refractivity contribution in [2.24, 2.45) is 0 Å². The van der Waals surface area contributed by atoms with E-state index in [1.54, 1.807) is 31.2 Å². The smallest absolute Gasteiger partial charge is 0.197 e. The number of carbonyl (C=O) groups excluding carboxylic acids is 1. The molecular formula is C18H9ClN2O2. The van der Waals surface area contributed by atoms with Crippen molar-refractivity contribution < 1.29 is 9.21 Å². The van der Waals surface area contributed by atoms with Gasteiger partial charge < -0.3 is 4.42 Å².